The number of nitrogens with one attached hydrogen (secondary N) is 1. The molecule has 1 aromatic carbocycles. The molecule has 7 heteroatoms. The molecule has 2 aromatic rings. The average Bonchev–Trinajstić information content (AvgIpc) is 3.03. The van der Waals surface area contributed by atoms with Gasteiger partial charge in [0.1, 0.15) is 5.69 Å². The lowest BCUT2D eigenvalue weighted by atomic mass is 10.1. The van der Waals surface area contributed by atoms with E-state index < -0.39 is 0 Å². The third-order valence-electron chi connectivity index (χ3n) is 5.88. The number of hydrogen-bond acceptors (Lipinski definition) is 4. The SMILES string of the molecule is CCc1cn(CC)c2c1N(C(=O)CN1CCN(C)CC1)c1ccccc1NC2=O. The first-order valence-electron chi connectivity index (χ1n) is 10.4. The largest absolute Gasteiger partial charge is 0.342 e. The molecule has 29 heavy (non-hydrogen) atoms. The number of para-hydroxylation sites is 2. The second-order valence-corrected chi connectivity index (χ2v) is 7.77. The van der Waals surface area contributed by atoms with Crippen molar-refractivity contribution in [2.24, 2.45) is 0 Å². The van der Waals surface area contributed by atoms with Crippen molar-refractivity contribution in [1.29, 1.82) is 0 Å². The lowest BCUT2D eigenvalue weighted by Gasteiger charge is -2.33. The summed E-state index contributed by atoms with van der Waals surface area (Å²) in [5.41, 5.74) is 3.72. The van der Waals surface area contributed by atoms with Crippen LogP contribution in [0.2, 0.25) is 0 Å². The van der Waals surface area contributed by atoms with Gasteiger partial charge in [-0.25, -0.2) is 0 Å². The molecule has 1 fully saturated rings. The molecule has 1 saturated heterocycles. The highest BCUT2D eigenvalue weighted by atomic mass is 16.2. The number of carbonyl (C=O) groups excluding carboxylic acids is 2. The molecule has 0 radical (unpaired) electrons. The first-order valence-corrected chi connectivity index (χ1v) is 10.4. The van der Waals surface area contributed by atoms with Gasteiger partial charge in [-0.1, -0.05) is 19.1 Å². The van der Waals surface area contributed by atoms with Crippen LogP contribution in [-0.2, 0) is 17.8 Å². The number of hydrogen-bond donors (Lipinski definition) is 1. The first-order chi connectivity index (χ1) is 14.0. The second-order valence-electron chi connectivity index (χ2n) is 7.77. The van der Waals surface area contributed by atoms with E-state index in [0.717, 1.165) is 49.5 Å². The van der Waals surface area contributed by atoms with Crippen LogP contribution in [0.1, 0.15) is 29.9 Å². The Morgan fingerprint density at radius 1 is 1.10 bits per heavy atom. The average molecular weight is 396 g/mol. The summed E-state index contributed by atoms with van der Waals surface area (Å²) in [7, 11) is 2.11. The van der Waals surface area contributed by atoms with E-state index in [9.17, 15) is 9.59 Å². The number of likely N-dealkylation sites (N-methyl/N-ethyl adjacent to an activating group) is 1. The maximum absolute atomic E-state index is 13.6. The summed E-state index contributed by atoms with van der Waals surface area (Å²) in [6, 6.07) is 7.56. The van der Waals surface area contributed by atoms with Crippen molar-refractivity contribution in [2.45, 2.75) is 26.8 Å². The smallest absolute Gasteiger partial charge is 0.274 e. The number of fused-ring (bicyclic) bond motifs is 2. The fraction of sp³-hybridized carbons (Fsp3) is 0.455. The lowest BCUT2D eigenvalue weighted by Crippen LogP contribution is -2.48. The fourth-order valence-corrected chi connectivity index (χ4v) is 4.20. The number of amides is 2. The van der Waals surface area contributed by atoms with E-state index in [2.05, 4.69) is 29.1 Å². The Morgan fingerprint density at radius 2 is 1.83 bits per heavy atom. The Kier molecular flexibility index (Phi) is 5.43. The minimum atomic E-state index is -0.163. The van der Waals surface area contributed by atoms with Crippen LogP contribution >= 0.6 is 0 Å². The summed E-state index contributed by atoms with van der Waals surface area (Å²) in [6.45, 7) is 8.76. The van der Waals surface area contributed by atoms with Gasteiger partial charge in [0.25, 0.3) is 5.91 Å². The highest BCUT2D eigenvalue weighted by molar-refractivity contribution is 6.18. The van der Waals surface area contributed by atoms with Crippen LogP contribution in [0, 0.1) is 0 Å². The van der Waals surface area contributed by atoms with Gasteiger partial charge in [0, 0.05) is 38.9 Å². The van der Waals surface area contributed by atoms with E-state index in [1.165, 1.54) is 0 Å². The number of benzene rings is 1. The number of aromatic nitrogens is 1. The molecule has 0 bridgehead atoms. The molecule has 1 N–H and O–H groups in total. The van der Waals surface area contributed by atoms with Crippen molar-refractivity contribution in [2.75, 3.05) is 50.0 Å². The second kappa shape index (κ2) is 8.00. The maximum Gasteiger partial charge on any atom is 0.274 e. The van der Waals surface area contributed by atoms with Crippen LogP contribution in [0.3, 0.4) is 0 Å². The van der Waals surface area contributed by atoms with Crippen molar-refractivity contribution in [3.8, 4) is 0 Å². The third-order valence-corrected chi connectivity index (χ3v) is 5.88. The van der Waals surface area contributed by atoms with E-state index in [1.54, 1.807) is 4.90 Å². The molecule has 2 aliphatic heterocycles. The quantitative estimate of drug-likeness (QED) is 0.864. The van der Waals surface area contributed by atoms with Crippen molar-refractivity contribution in [1.82, 2.24) is 14.4 Å². The van der Waals surface area contributed by atoms with E-state index in [1.807, 2.05) is 42.0 Å². The molecular weight excluding hydrogens is 366 g/mol. The zero-order valence-corrected chi connectivity index (χ0v) is 17.4. The molecule has 1 aromatic heterocycles. The number of anilines is 3. The molecule has 7 nitrogen and oxygen atoms in total. The minimum Gasteiger partial charge on any atom is -0.342 e. The standard InChI is InChI=1S/C22H29N5O2/c1-4-16-14-26(5-2)21-20(16)27(18-9-7-6-8-17(18)23-22(21)29)19(28)15-25-12-10-24(3)11-13-25/h6-9,14H,4-5,10-13,15H2,1-3H3,(H,23,29). The molecule has 154 valence electrons. The van der Waals surface area contributed by atoms with Gasteiger partial charge in [-0.3, -0.25) is 19.4 Å². The van der Waals surface area contributed by atoms with Gasteiger partial charge in [-0.2, -0.15) is 0 Å². The van der Waals surface area contributed by atoms with Gasteiger partial charge >= 0.3 is 0 Å². The van der Waals surface area contributed by atoms with Gasteiger partial charge in [-0.15, -0.1) is 0 Å². The normalized spacial score (nSPS) is 17.5. The van der Waals surface area contributed by atoms with Crippen LogP contribution in [-0.4, -0.2) is 66.0 Å². The molecule has 0 spiro atoms. The predicted molar refractivity (Wildman–Crippen MR) is 115 cm³/mol. The molecule has 0 atom stereocenters. The Morgan fingerprint density at radius 3 is 2.52 bits per heavy atom. The Balaban J connectivity index is 1.79. The monoisotopic (exact) mass is 395 g/mol. The Labute approximate surface area is 171 Å². The molecule has 3 heterocycles. The zero-order chi connectivity index (χ0) is 20.5. The Hall–Kier alpha value is -2.64. The highest BCUT2D eigenvalue weighted by Crippen LogP contribution is 2.41. The van der Waals surface area contributed by atoms with Crippen molar-refractivity contribution in [3.63, 3.8) is 0 Å². The van der Waals surface area contributed by atoms with Gasteiger partial charge < -0.3 is 14.8 Å². The summed E-state index contributed by atoms with van der Waals surface area (Å²) < 4.78 is 1.95. The molecule has 4 rings (SSSR count). The lowest BCUT2D eigenvalue weighted by molar-refractivity contribution is -0.119. The summed E-state index contributed by atoms with van der Waals surface area (Å²) >= 11 is 0. The van der Waals surface area contributed by atoms with Crippen LogP contribution in [0.25, 0.3) is 0 Å². The van der Waals surface area contributed by atoms with E-state index in [-0.39, 0.29) is 11.8 Å². The van der Waals surface area contributed by atoms with E-state index >= 15 is 0 Å². The van der Waals surface area contributed by atoms with Crippen molar-refractivity contribution >= 4 is 28.9 Å². The number of nitrogens with zero attached hydrogens (tertiary/aromatic N) is 4. The fourth-order valence-electron chi connectivity index (χ4n) is 4.20. The van der Waals surface area contributed by atoms with Crippen LogP contribution in [0.5, 0.6) is 0 Å². The number of aryl methyl sites for hydroxylation is 2. The van der Waals surface area contributed by atoms with Crippen molar-refractivity contribution in [3.05, 3.63) is 41.7 Å². The molecule has 0 unspecified atom stereocenters. The zero-order valence-electron chi connectivity index (χ0n) is 17.4. The summed E-state index contributed by atoms with van der Waals surface area (Å²) in [5, 5.41) is 3.01. The highest BCUT2D eigenvalue weighted by Gasteiger charge is 2.34. The topological polar surface area (TPSA) is 60.8 Å². The van der Waals surface area contributed by atoms with Crippen LogP contribution in [0.15, 0.2) is 30.5 Å². The van der Waals surface area contributed by atoms with E-state index in [4.69, 9.17) is 0 Å². The molecule has 0 saturated carbocycles. The van der Waals surface area contributed by atoms with Crippen LogP contribution in [0.4, 0.5) is 17.1 Å². The summed E-state index contributed by atoms with van der Waals surface area (Å²) in [5.74, 6) is -0.160. The van der Waals surface area contributed by atoms with E-state index in [0.29, 0.717) is 24.5 Å². The van der Waals surface area contributed by atoms with Gasteiger partial charge in [0.05, 0.1) is 23.6 Å². The summed E-state index contributed by atoms with van der Waals surface area (Å²) in [6.07, 6.45) is 2.76. The number of carbonyl (C=O) groups is 2. The van der Waals surface area contributed by atoms with Gasteiger partial charge in [0.2, 0.25) is 5.91 Å². The number of piperazine rings is 1. The predicted octanol–water partition coefficient (Wildman–Crippen LogP) is 2.55. The van der Waals surface area contributed by atoms with Crippen LogP contribution < -0.4 is 10.2 Å². The maximum atomic E-state index is 13.6. The third kappa shape index (κ3) is 3.56. The Bertz CT molecular complexity index is 927. The number of rotatable bonds is 4. The van der Waals surface area contributed by atoms with Gasteiger partial charge in [0.15, 0.2) is 0 Å². The van der Waals surface area contributed by atoms with Crippen molar-refractivity contribution < 1.29 is 9.59 Å². The summed E-state index contributed by atoms with van der Waals surface area (Å²) in [4.78, 5) is 33.0. The van der Waals surface area contributed by atoms with Gasteiger partial charge in [-0.05, 0) is 38.1 Å². The molecular formula is C22H29N5O2. The molecule has 2 aliphatic rings. The first kappa shape index (κ1) is 19.7. The molecule has 2 amide bonds. The minimum absolute atomic E-state index is 0.00306. The molecule has 0 aliphatic carbocycles.